The van der Waals surface area contributed by atoms with Gasteiger partial charge in [-0.2, -0.15) is 0 Å². The molecule has 30 heavy (non-hydrogen) atoms. The average molecular weight is 468 g/mol. The second kappa shape index (κ2) is 9.51. The molecule has 1 atom stereocenters. The first-order valence-electron chi connectivity index (χ1n) is 9.51. The van der Waals surface area contributed by atoms with Gasteiger partial charge < -0.3 is 10.2 Å². The lowest BCUT2D eigenvalue weighted by Crippen LogP contribution is -2.45. The monoisotopic (exact) mass is 467 g/mol. The fraction of sp³-hybridized carbons (Fsp3) is 0.400. The minimum absolute atomic E-state index is 0.0430. The maximum Gasteiger partial charge on any atom is 0.252 e. The number of nitrogens with zero attached hydrogens (tertiary/aromatic N) is 2. The van der Waals surface area contributed by atoms with Gasteiger partial charge in [-0.1, -0.05) is 30.3 Å². The van der Waals surface area contributed by atoms with Crippen LogP contribution in [0, 0.1) is 0 Å². The molecule has 3 rings (SSSR count). The summed E-state index contributed by atoms with van der Waals surface area (Å²) >= 11 is 2.44. The fourth-order valence-electron chi connectivity index (χ4n) is 3.02. The van der Waals surface area contributed by atoms with Crippen molar-refractivity contribution in [3.05, 3.63) is 42.0 Å². The number of amides is 2. The summed E-state index contributed by atoms with van der Waals surface area (Å²) in [5.74, 6) is -0.276. The highest BCUT2D eigenvalue weighted by molar-refractivity contribution is 8.02. The molecule has 1 N–H and O–H groups in total. The van der Waals surface area contributed by atoms with Crippen molar-refractivity contribution >= 4 is 50.6 Å². The number of carbonyl (C=O) groups excluding carboxylic acids is 2. The van der Waals surface area contributed by atoms with Crippen LogP contribution in [0.15, 0.2) is 44.8 Å². The summed E-state index contributed by atoms with van der Waals surface area (Å²) < 4.78 is 26.9. The summed E-state index contributed by atoms with van der Waals surface area (Å²) in [7, 11) is -0.660. The third kappa shape index (κ3) is 5.23. The second-order valence-corrected chi connectivity index (χ2v) is 12.0. The van der Waals surface area contributed by atoms with E-state index in [1.807, 2.05) is 25.1 Å². The number of nitrogens with one attached hydrogen (secondary N) is 1. The van der Waals surface area contributed by atoms with Crippen LogP contribution in [0.3, 0.4) is 0 Å². The number of carbonyl (C=O) groups is 2. The zero-order chi connectivity index (χ0) is 21.9. The van der Waals surface area contributed by atoms with Crippen LogP contribution < -0.4 is 10.2 Å². The Kier molecular flexibility index (Phi) is 7.22. The number of rotatable bonds is 8. The Morgan fingerprint density at radius 1 is 1.27 bits per heavy atom. The van der Waals surface area contributed by atoms with E-state index in [-0.39, 0.29) is 34.4 Å². The number of hydrogen-bond acceptors (Lipinski definition) is 6. The van der Waals surface area contributed by atoms with E-state index in [1.165, 1.54) is 42.4 Å². The standard InChI is InChI=1S/C20H25N3O4S3/c1-14(9-10-15-7-5-4-6-8-15)21-17(24)12-23-16-11-19(30(26,27)22(2)3)29-20(16)28-13-18(23)25/h4-8,11,14H,9-10,12-13H2,1-3H3,(H,21,24)/t14-/m1/s1. The van der Waals surface area contributed by atoms with Gasteiger partial charge >= 0.3 is 0 Å². The summed E-state index contributed by atoms with van der Waals surface area (Å²) in [5.41, 5.74) is 1.70. The number of fused-ring (bicyclic) bond motifs is 1. The number of sulfonamides is 1. The number of thiophene rings is 1. The van der Waals surface area contributed by atoms with Crippen molar-refractivity contribution < 1.29 is 18.0 Å². The third-order valence-corrected chi connectivity index (χ3v) is 9.38. The Balaban J connectivity index is 1.65. The van der Waals surface area contributed by atoms with Gasteiger partial charge in [0, 0.05) is 20.1 Å². The maximum absolute atomic E-state index is 12.6. The molecule has 2 heterocycles. The molecule has 0 radical (unpaired) electrons. The van der Waals surface area contributed by atoms with E-state index in [0.29, 0.717) is 5.69 Å². The van der Waals surface area contributed by atoms with Gasteiger partial charge in [-0.3, -0.25) is 9.59 Å². The van der Waals surface area contributed by atoms with Crippen LogP contribution in [0.1, 0.15) is 18.9 Å². The van der Waals surface area contributed by atoms with Crippen LogP contribution in [0.5, 0.6) is 0 Å². The maximum atomic E-state index is 12.6. The van der Waals surface area contributed by atoms with Gasteiger partial charge in [-0.25, -0.2) is 12.7 Å². The minimum Gasteiger partial charge on any atom is -0.352 e. The molecular formula is C20H25N3O4S3. The number of thioether (sulfide) groups is 1. The molecule has 0 bridgehead atoms. The quantitative estimate of drug-likeness (QED) is 0.645. The molecule has 10 heteroatoms. The van der Waals surface area contributed by atoms with Crippen molar-refractivity contribution in [3.63, 3.8) is 0 Å². The smallest absolute Gasteiger partial charge is 0.252 e. The first-order valence-corrected chi connectivity index (χ1v) is 12.8. The normalized spacial score (nSPS) is 15.2. The van der Waals surface area contributed by atoms with Crippen LogP contribution in [0.4, 0.5) is 5.69 Å². The predicted octanol–water partition coefficient (Wildman–Crippen LogP) is 2.57. The lowest BCUT2D eigenvalue weighted by molar-refractivity contribution is -0.123. The van der Waals surface area contributed by atoms with Gasteiger partial charge in [0.2, 0.25) is 11.8 Å². The Morgan fingerprint density at radius 3 is 2.63 bits per heavy atom. The van der Waals surface area contributed by atoms with E-state index in [1.54, 1.807) is 0 Å². The molecule has 0 unspecified atom stereocenters. The number of benzene rings is 1. The van der Waals surface area contributed by atoms with Gasteiger partial charge in [0.15, 0.2) is 0 Å². The van der Waals surface area contributed by atoms with E-state index < -0.39 is 10.0 Å². The first kappa shape index (κ1) is 22.8. The Morgan fingerprint density at radius 2 is 1.97 bits per heavy atom. The molecule has 0 saturated carbocycles. The highest BCUT2D eigenvalue weighted by Crippen LogP contribution is 2.43. The summed E-state index contributed by atoms with van der Waals surface area (Å²) in [6.07, 6.45) is 1.64. The van der Waals surface area contributed by atoms with Gasteiger partial charge in [0.25, 0.3) is 10.0 Å². The molecule has 0 aliphatic carbocycles. The lowest BCUT2D eigenvalue weighted by Gasteiger charge is -2.26. The van der Waals surface area contributed by atoms with E-state index in [2.05, 4.69) is 17.4 Å². The second-order valence-electron chi connectivity index (χ2n) is 7.29. The summed E-state index contributed by atoms with van der Waals surface area (Å²) in [6.45, 7) is 1.81. The van der Waals surface area contributed by atoms with Gasteiger partial charge in [0.1, 0.15) is 10.8 Å². The molecule has 1 aromatic carbocycles. The van der Waals surface area contributed by atoms with Crippen molar-refractivity contribution in [2.24, 2.45) is 0 Å². The lowest BCUT2D eigenvalue weighted by atomic mass is 10.1. The minimum atomic E-state index is -3.59. The van der Waals surface area contributed by atoms with E-state index >= 15 is 0 Å². The molecule has 1 aliphatic heterocycles. The molecular weight excluding hydrogens is 442 g/mol. The van der Waals surface area contributed by atoms with E-state index in [9.17, 15) is 18.0 Å². The zero-order valence-electron chi connectivity index (χ0n) is 17.1. The molecule has 2 aromatic rings. The van der Waals surface area contributed by atoms with E-state index in [4.69, 9.17) is 0 Å². The van der Waals surface area contributed by atoms with Crippen LogP contribution in [0.2, 0.25) is 0 Å². The van der Waals surface area contributed by atoms with Gasteiger partial charge in [-0.05, 0) is 31.4 Å². The van der Waals surface area contributed by atoms with E-state index in [0.717, 1.165) is 32.7 Å². The third-order valence-electron chi connectivity index (χ3n) is 4.73. The Labute approximate surface area is 185 Å². The van der Waals surface area contributed by atoms with Crippen molar-refractivity contribution in [3.8, 4) is 0 Å². The number of anilines is 1. The molecule has 0 spiro atoms. The molecule has 1 aromatic heterocycles. The fourth-order valence-corrected chi connectivity index (χ4v) is 6.95. The van der Waals surface area contributed by atoms with Crippen LogP contribution in [-0.4, -0.2) is 57.0 Å². The number of aryl methyl sites for hydroxylation is 1. The van der Waals surface area contributed by atoms with Crippen molar-refractivity contribution in [2.75, 3.05) is 31.3 Å². The zero-order valence-corrected chi connectivity index (χ0v) is 19.6. The van der Waals surface area contributed by atoms with Crippen molar-refractivity contribution in [1.82, 2.24) is 9.62 Å². The van der Waals surface area contributed by atoms with Crippen LogP contribution in [-0.2, 0) is 26.0 Å². The average Bonchev–Trinajstić information content (AvgIpc) is 3.15. The molecule has 7 nitrogen and oxygen atoms in total. The molecule has 2 amide bonds. The highest BCUT2D eigenvalue weighted by Gasteiger charge is 2.32. The summed E-state index contributed by atoms with van der Waals surface area (Å²) in [4.78, 5) is 26.4. The van der Waals surface area contributed by atoms with Crippen molar-refractivity contribution in [2.45, 2.75) is 34.2 Å². The molecule has 162 valence electrons. The van der Waals surface area contributed by atoms with Gasteiger partial charge in [0.05, 0.1) is 15.6 Å². The van der Waals surface area contributed by atoms with Crippen LogP contribution in [0.25, 0.3) is 0 Å². The predicted molar refractivity (Wildman–Crippen MR) is 121 cm³/mol. The largest absolute Gasteiger partial charge is 0.352 e. The SMILES string of the molecule is C[C@H](CCc1ccccc1)NC(=O)CN1C(=O)CSc2sc(S(=O)(=O)N(C)C)cc21. The van der Waals surface area contributed by atoms with Crippen molar-refractivity contribution in [1.29, 1.82) is 0 Å². The topological polar surface area (TPSA) is 86.8 Å². The number of hydrogen-bond donors (Lipinski definition) is 1. The van der Waals surface area contributed by atoms with Crippen LogP contribution >= 0.6 is 23.1 Å². The summed E-state index contributed by atoms with van der Waals surface area (Å²) in [6, 6.07) is 11.5. The molecule has 0 saturated heterocycles. The molecule has 1 aliphatic rings. The Hall–Kier alpha value is -1.88. The van der Waals surface area contributed by atoms with Gasteiger partial charge in [-0.15, -0.1) is 23.1 Å². The molecule has 0 fully saturated rings. The summed E-state index contributed by atoms with van der Waals surface area (Å²) in [5, 5.41) is 2.94. The Bertz CT molecular complexity index is 1020. The highest BCUT2D eigenvalue weighted by atomic mass is 32.3. The first-order chi connectivity index (χ1) is 14.2.